The molecule has 1 aromatic carbocycles. The fourth-order valence-electron chi connectivity index (χ4n) is 1.73. The number of nitrogens with one attached hydrogen (secondary N) is 1. The van der Waals surface area contributed by atoms with Gasteiger partial charge >= 0.3 is 0 Å². The molecule has 1 N–H and O–H groups in total. The van der Waals surface area contributed by atoms with Gasteiger partial charge in [-0.3, -0.25) is 0 Å². The van der Waals surface area contributed by atoms with Crippen LogP contribution in [0, 0.1) is 0 Å². The van der Waals surface area contributed by atoms with Crippen molar-refractivity contribution in [3.05, 3.63) is 59.0 Å². The summed E-state index contributed by atoms with van der Waals surface area (Å²) in [7, 11) is 0. The molecule has 0 radical (unpaired) electrons. The molecule has 0 unspecified atom stereocenters. The van der Waals surface area contributed by atoms with Crippen molar-refractivity contribution in [2.75, 3.05) is 13.2 Å². The first-order valence-electron chi connectivity index (χ1n) is 6.40. The molecule has 102 valence electrons. The lowest BCUT2D eigenvalue weighted by molar-refractivity contribution is 0.104. The highest BCUT2D eigenvalue weighted by Gasteiger charge is 1.98. The van der Waals surface area contributed by atoms with Gasteiger partial charge in [-0.2, -0.15) is 0 Å². The van der Waals surface area contributed by atoms with Crippen molar-refractivity contribution in [3.8, 4) is 0 Å². The second-order valence-electron chi connectivity index (χ2n) is 4.25. The molecule has 0 aliphatic carbocycles. The third-order valence-corrected chi connectivity index (χ3v) is 3.11. The lowest BCUT2D eigenvalue weighted by Gasteiger charge is -2.06. The summed E-state index contributed by atoms with van der Waals surface area (Å²) in [6, 6.07) is 11.6. The van der Waals surface area contributed by atoms with Crippen LogP contribution in [0.3, 0.4) is 0 Å². The minimum atomic E-state index is 0.539. The van der Waals surface area contributed by atoms with Crippen molar-refractivity contribution in [1.29, 1.82) is 0 Å². The first-order chi connectivity index (χ1) is 9.36. The van der Waals surface area contributed by atoms with Crippen LogP contribution in [0.4, 0.5) is 0 Å². The molecule has 0 saturated carbocycles. The Morgan fingerprint density at radius 2 is 2.05 bits per heavy atom. The Morgan fingerprint density at radius 3 is 2.84 bits per heavy atom. The number of ether oxygens (including phenoxy) is 1. The minimum absolute atomic E-state index is 0.539. The first-order valence-corrected chi connectivity index (χ1v) is 6.78. The number of rotatable bonds is 8. The quantitative estimate of drug-likeness (QED) is 0.749. The Morgan fingerprint density at radius 1 is 1.16 bits per heavy atom. The second kappa shape index (κ2) is 8.00. The van der Waals surface area contributed by atoms with Crippen LogP contribution in [0.15, 0.2) is 47.1 Å². The van der Waals surface area contributed by atoms with Gasteiger partial charge in [-0.25, -0.2) is 0 Å². The Bertz CT molecular complexity index is 471. The molecule has 0 amide bonds. The maximum absolute atomic E-state index is 6.07. The van der Waals surface area contributed by atoms with E-state index in [1.165, 1.54) is 0 Å². The van der Waals surface area contributed by atoms with Crippen LogP contribution >= 0.6 is 11.6 Å². The molecule has 0 saturated heterocycles. The Balaban J connectivity index is 1.52. The first kappa shape index (κ1) is 14.1. The topological polar surface area (TPSA) is 34.4 Å². The zero-order chi connectivity index (χ0) is 13.3. The summed E-state index contributed by atoms with van der Waals surface area (Å²) in [5, 5.41) is 4.16. The van der Waals surface area contributed by atoms with Gasteiger partial charge in [0.05, 0.1) is 6.26 Å². The SMILES string of the molecule is Clc1ccccc1CNCCCOCc1ccco1. The van der Waals surface area contributed by atoms with Gasteiger partial charge in [-0.1, -0.05) is 29.8 Å². The Hall–Kier alpha value is -1.29. The molecular formula is C15H18ClNO2. The zero-order valence-corrected chi connectivity index (χ0v) is 11.5. The summed E-state index contributed by atoms with van der Waals surface area (Å²) < 4.78 is 10.7. The van der Waals surface area contributed by atoms with E-state index in [4.69, 9.17) is 20.8 Å². The normalized spacial score (nSPS) is 10.8. The summed E-state index contributed by atoms with van der Waals surface area (Å²) in [5.74, 6) is 0.865. The molecule has 0 spiro atoms. The summed E-state index contributed by atoms with van der Waals surface area (Å²) in [4.78, 5) is 0. The molecule has 19 heavy (non-hydrogen) atoms. The number of hydrogen-bond donors (Lipinski definition) is 1. The molecule has 2 aromatic rings. The molecule has 0 bridgehead atoms. The average molecular weight is 280 g/mol. The van der Waals surface area contributed by atoms with E-state index in [0.717, 1.165) is 42.5 Å². The van der Waals surface area contributed by atoms with Crippen LogP contribution in [0.2, 0.25) is 5.02 Å². The van der Waals surface area contributed by atoms with Crippen LogP contribution in [-0.2, 0) is 17.9 Å². The van der Waals surface area contributed by atoms with Crippen molar-refractivity contribution in [2.45, 2.75) is 19.6 Å². The fraction of sp³-hybridized carbons (Fsp3) is 0.333. The number of halogens is 1. The van der Waals surface area contributed by atoms with Crippen molar-refractivity contribution in [3.63, 3.8) is 0 Å². The molecule has 0 fully saturated rings. The maximum atomic E-state index is 6.07. The lowest BCUT2D eigenvalue weighted by Crippen LogP contribution is -2.16. The minimum Gasteiger partial charge on any atom is -0.467 e. The zero-order valence-electron chi connectivity index (χ0n) is 10.8. The third-order valence-electron chi connectivity index (χ3n) is 2.74. The van der Waals surface area contributed by atoms with E-state index in [2.05, 4.69) is 5.32 Å². The Kier molecular flexibility index (Phi) is 5.95. The fourth-order valence-corrected chi connectivity index (χ4v) is 1.93. The van der Waals surface area contributed by atoms with E-state index >= 15 is 0 Å². The van der Waals surface area contributed by atoms with Crippen LogP contribution in [0.25, 0.3) is 0 Å². The summed E-state index contributed by atoms with van der Waals surface area (Å²) in [5.41, 5.74) is 1.13. The van der Waals surface area contributed by atoms with Crippen molar-refractivity contribution >= 4 is 11.6 Å². The van der Waals surface area contributed by atoms with Gasteiger partial charge in [0.15, 0.2) is 0 Å². The number of furan rings is 1. The molecule has 0 atom stereocenters. The number of benzene rings is 1. The van der Waals surface area contributed by atoms with Gasteiger partial charge in [-0.05, 0) is 36.7 Å². The van der Waals surface area contributed by atoms with Crippen molar-refractivity contribution in [2.24, 2.45) is 0 Å². The predicted molar refractivity (Wildman–Crippen MR) is 76.1 cm³/mol. The molecule has 3 nitrogen and oxygen atoms in total. The van der Waals surface area contributed by atoms with E-state index in [1.54, 1.807) is 6.26 Å². The Labute approximate surface area is 118 Å². The molecular weight excluding hydrogens is 262 g/mol. The highest BCUT2D eigenvalue weighted by Crippen LogP contribution is 2.14. The van der Waals surface area contributed by atoms with Crippen molar-refractivity contribution in [1.82, 2.24) is 5.32 Å². The van der Waals surface area contributed by atoms with E-state index < -0.39 is 0 Å². The summed E-state index contributed by atoms with van der Waals surface area (Å²) in [6.07, 6.45) is 2.62. The van der Waals surface area contributed by atoms with Crippen molar-refractivity contribution < 1.29 is 9.15 Å². The average Bonchev–Trinajstić information content (AvgIpc) is 2.93. The summed E-state index contributed by atoms with van der Waals surface area (Å²) in [6.45, 7) is 2.95. The largest absolute Gasteiger partial charge is 0.467 e. The standard InChI is InChI=1S/C15H18ClNO2/c16-15-7-2-1-5-13(15)11-17-8-4-9-18-12-14-6-3-10-19-14/h1-3,5-7,10,17H,4,8-9,11-12H2. The van der Waals surface area contributed by atoms with E-state index in [-0.39, 0.29) is 0 Å². The van der Waals surface area contributed by atoms with Crippen LogP contribution in [0.5, 0.6) is 0 Å². The van der Waals surface area contributed by atoms with Gasteiger partial charge in [0, 0.05) is 18.2 Å². The van der Waals surface area contributed by atoms with Crippen LogP contribution in [-0.4, -0.2) is 13.2 Å². The monoisotopic (exact) mass is 279 g/mol. The molecule has 2 rings (SSSR count). The van der Waals surface area contributed by atoms with Gasteiger partial charge in [0.25, 0.3) is 0 Å². The second-order valence-corrected chi connectivity index (χ2v) is 4.66. The predicted octanol–water partition coefficient (Wildman–Crippen LogP) is 3.63. The van der Waals surface area contributed by atoms with E-state index in [9.17, 15) is 0 Å². The lowest BCUT2D eigenvalue weighted by atomic mass is 10.2. The smallest absolute Gasteiger partial charge is 0.129 e. The van der Waals surface area contributed by atoms with Gasteiger partial charge < -0.3 is 14.5 Å². The molecule has 1 aromatic heterocycles. The molecule has 0 aliphatic rings. The van der Waals surface area contributed by atoms with Crippen LogP contribution in [0.1, 0.15) is 17.7 Å². The van der Waals surface area contributed by atoms with Gasteiger partial charge in [0.1, 0.15) is 12.4 Å². The maximum Gasteiger partial charge on any atom is 0.129 e. The molecule has 1 heterocycles. The van der Waals surface area contributed by atoms with E-state index in [1.807, 2.05) is 36.4 Å². The molecule has 4 heteroatoms. The highest BCUT2D eigenvalue weighted by molar-refractivity contribution is 6.31. The van der Waals surface area contributed by atoms with E-state index in [0.29, 0.717) is 6.61 Å². The van der Waals surface area contributed by atoms with Gasteiger partial charge in [-0.15, -0.1) is 0 Å². The molecule has 0 aliphatic heterocycles. The number of hydrogen-bond acceptors (Lipinski definition) is 3. The van der Waals surface area contributed by atoms with Crippen LogP contribution < -0.4 is 5.32 Å². The van der Waals surface area contributed by atoms with Gasteiger partial charge in [0.2, 0.25) is 0 Å². The highest BCUT2D eigenvalue weighted by atomic mass is 35.5. The summed E-state index contributed by atoms with van der Waals surface area (Å²) >= 11 is 6.07. The third kappa shape index (κ3) is 5.07.